The highest BCUT2D eigenvalue weighted by atomic mass is 16.4. The van der Waals surface area contributed by atoms with Crippen molar-refractivity contribution in [3.63, 3.8) is 0 Å². The second-order valence-corrected chi connectivity index (χ2v) is 4.78. The number of carboxylic acid groups (broad SMARTS) is 1. The monoisotopic (exact) mass is 252 g/mol. The highest BCUT2D eigenvalue weighted by molar-refractivity contribution is 5.88. The summed E-state index contributed by atoms with van der Waals surface area (Å²) in [4.78, 5) is 15.7. The number of carboxylic acids is 1. The molecule has 5 heteroatoms. The molecule has 1 saturated heterocycles. The number of hydrogen-bond donors (Lipinski definition) is 1. The van der Waals surface area contributed by atoms with E-state index < -0.39 is 5.97 Å². The summed E-state index contributed by atoms with van der Waals surface area (Å²) in [5.41, 5.74) is 0.278. The summed E-state index contributed by atoms with van der Waals surface area (Å²) in [7, 11) is 0. The Kier molecular flexibility index (Phi) is 4.04. The van der Waals surface area contributed by atoms with Gasteiger partial charge < -0.3 is 9.52 Å². The molecule has 0 spiro atoms. The molecule has 0 radical (unpaired) electrons. The Morgan fingerprint density at radius 3 is 2.94 bits per heavy atom. The van der Waals surface area contributed by atoms with Crippen LogP contribution in [0.15, 0.2) is 16.7 Å². The zero-order valence-corrected chi connectivity index (χ0v) is 10.9. The SMILES string of the molecule is CCN1CCN(Cc2occc2C(=O)O)CC1C. The average Bonchev–Trinajstić information content (AvgIpc) is 2.77. The van der Waals surface area contributed by atoms with E-state index in [1.807, 2.05) is 0 Å². The third-order valence-electron chi connectivity index (χ3n) is 3.60. The number of carbonyl (C=O) groups is 1. The number of piperazine rings is 1. The van der Waals surface area contributed by atoms with E-state index >= 15 is 0 Å². The lowest BCUT2D eigenvalue weighted by atomic mass is 10.1. The van der Waals surface area contributed by atoms with Crippen molar-refractivity contribution in [2.75, 3.05) is 26.2 Å². The Labute approximate surface area is 107 Å². The molecule has 1 fully saturated rings. The number of likely N-dealkylation sites (N-methyl/N-ethyl adjacent to an activating group) is 1. The van der Waals surface area contributed by atoms with Crippen LogP contribution in [0.3, 0.4) is 0 Å². The van der Waals surface area contributed by atoms with Crippen LogP contribution in [-0.2, 0) is 6.54 Å². The molecule has 1 N–H and O–H groups in total. The van der Waals surface area contributed by atoms with Crippen LogP contribution in [0, 0.1) is 0 Å². The fraction of sp³-hybridized carbons (Fsp3) is 0.615. The summed E-state index contributed by atoms with van der Waals surface area (Å²) < 4.78 is 5.28. The summed E-state index contributed by atoms with van der Waals surface area (Å²) in [5.74, 6) is -0.362. The third-order valence-corrected chi connectivity index (χ3v) is 3.60. The van der Waals surface area contributed by atoms with Gasteiger partial charge in [0.05, 0.1) is 12.8 Å². The van der Waals surface area contributed by atoms with Crippen molar-refractivity contribution in [2.45, 2.75) is 26.4 Å². The molecule has 1 aromatic rings. The molecule has 0 aromatic carbocycles. The summed E-state index contributed by atoms with van der Waals surface area (Å²) in [5, 5.41) is 9.03. The van der Waals surface area contributed by atoms with Gasteiger partial charge in [-0.2, -0.15) is 0 Å². The Balaban J connectivity index is 1.98. The normalized spacial score (nSPS) is 22.2. The highest BCUT2D eigenvalue weighted by Crippen LogP contribution is 2.16. The molecule has 0 bridgehead atoms. The zero-order chi connectivity index (χ0) is 13.1. The molecule has 1 aliphatic rings. The number of nitrogens with zero attached hydrogens (tertiary/aromatic N) is 2. The minimum absolute atomic E-state index is 0.278. The van der Waals surface area contributed by atoms with Crippen LogP contribution in [0.5, 0.6) is 0 Å². The van der Waals surface area contributed by atoms with Crippen LogP contribution in [-0.4, -0.2) is 53.1 Å². The first-order chi connectivity index (χ1) is 8.61. The maximum Gasteiger partial charge on any atom is 0.339 e. The fourth-order valence-corrected chi connectivity index (χ4v) is 2.54. The standard InChI is InChI=1S/C13H20N2O3/c1-3-15-6-5-14(8-10(15)2)9-12-11(13(16)17)4-7-18-12/h4,7,10H,3,5-6,8-9H2,1-2H3,(H,16,17). The molecule has 0 aliphatic carbocycles. The van der Waals surface area contributed by atoms with Crippen molar-refractivity contribution in [3.05, 3.63) is 23.7 Å². The number of aromatic carboxylic acids is 1. The molecule has 100 valence electrons. The van der Waals surface area contributed by atoms with E-state index in [1.54, 1.807) is 0 Å². The van der Waals surface area contributed by atoms with E-state index in [9.17, 15) is 4.79 Å². The maximum absolute atomic E-state index is 11.0. The highest BCUT2D eigenvalue weighted by Gasteiger charge is 2.24. The van der Waals surface area contributed by atoms with Gasteiger partial charge in [0.2, 0.25) is 0 Å². The lowest BCUT2D eigenvalue weighted by Crippen LogP contribution is -2.51. The van der Waals surface area contributed by atoms with Crippen LogP contribution in [0.4, 0.5) is 0 Å². The molecule has 1 aliphatic heterocycles. The average molecular weight is 252 g/mol. The van der Waals surface area contributed by atoms with E-state index in [0.29, 0.717) is 18.3 Å². The molecule has 2 rings (SSSR count). The zero-order valence-electron chi connectivity index (χ0n) is 10.9. The quantitative estimate of drug-likeness (QED) is 0.880. The fourth-order valence-electron chi connectivity index (χ4n) is 2.54. The number of hydrogen-bond acceptors (Lipinski definition) is 4. The summed E-state index contributed by atoms with van der Waals surface area (Å²) in [6, 6.07) is 2.02. The summed E-state index contributed by atoms with van der Waals surface area (Å²) >= 11 is 0. The largest absolute Gasteiger partial charge is 0.478 e. The van der Waals surface area contributed by atoms with E-state index in [-0.39, 0.29) is 5.56 Å². The van der Waals surface area contributed by atoms with Gasteiger partial charge in [-0.1, -0.05) is 6.92 Å². The minimum Gasteiger partial charge on any atom is -0.478 e. The molecule has 1 atom stereocenters. The molecule has 2 heterocycles. The molecular formula is C13H20N2O3. The molecular weight excluding hydrogens is 232 g/mol. The second-order valence-electron chi connectivity index (χ2n) is 4.78. The van der Waals surface area contributed by atoms with Gasteiger partial charge in [-0.25, -0.2) is 4.79 Å². The molecule has 0 saturated carbocycles. The van der Waals surface area contributed by atoms with Crippen LogP contribution in [0.25, 0.3) is 0 Å². The van der Waals surface area contributed by atoms with Gasteiger partial charge in [0.15, 0.2) is 0 Å². The summed E-state index contributed by atoms with van der Waals surface area (Å²) in [6.07, 6.45) is 1.45. The number of rotatable bonds is 4. The van der Waals surface area contributed by atoms with Crippen molar-refractivity contribution in [2.24, 2.45) is 0 Å². The molecule has 0 amide bonds. The van der Waals surface area contributed by atoms with Crippen LogP contribution in [0.1, 0.15) is 30.0 Å². The molecule has 5 nitrogen and oxygen atoms in total. The Bertz CT molecular complexity index is 416. The van der Waals surface area contributed by atoms with Gasteiger partial charge in [0, 0.05) is 25.7 Å². The van der Waals surface area contributed by atoms with Crippen LogP contribution >= 0.6 is 0 Å². The van der Waals surface area contributed by atoms with Crippen molar-refractivity contribution in [3.8, 4) is 0 Å². The second kappa shape index (κ2) is 5.54. The van der Waals surface area contributed by atoms with Crippen molar-refractivity contribution >= 4 is 5.97 Å². The van der Waals surface area contributed by atoms with Gasteiger partial charge in [-0.05, 0) is 19.5 Å². The van der Waals surface area contributed by atoms with Gasteiger partial charge >= 0.3 is 5.97 Å². The van der Waals surface area contributed by atoms with E-state index in [2.05, 4.69) is 23.6 Å². The molecule has 1 unspecified atom stereocenters. The van der Waals surface area contributed by atoms with Crippen molar-refractivity contribution in [1.82, 2.24) is 9.80 Å². The predicted octanol–water partition coefficient (Wildman–Crippen LogP) is 1.50. The maximum atomic E-state index is 11.0. The van der Waals surface area contributed by atoms with Gasteiger partial charge in [-0.3, -0.25) is 9.80 Å². The smallest absolute Gasteiger partial charge is 0.339 e. The first-order valence-electron chi connectivity index (χ1n) is 6.38. The first-order valence-corrected chi connectivity index (χ1v) is 6.38. The number of furan rings is 1. The Hall–Kier alpha value is -1.33. The topological polar surface area (TPSA) is 56.9 Å². The van der Waals surface area contributed by atoms with Crippen LogP contribution < -0.4 is 0 Å². The van der Waals surface area contributed by atoms with Gasteiger partial charge in [0.25, 0.3) is 0 Å². The summed E-state index contributed by atoms with van der Waals surface area (Å²) in [6.45, 7) is 8.95. The van der Waals surface area contributed by atoms with Crippen molar-refractivity contribution < 1.29 is 14.3 Å². The lowest BCUT2D eigenvalue weighted by molar-refractivity contribution is 0.0677. The minimum atomic E-state index is -0.918. The van der Waals surface area contributed by atoms with Gasteiger partial charge in [-0.15, -0.1) is 0 Å². The van der Waals surface area contributed by atoms with Crippen molar-refractivity contribution in [1.29, 1.82) is 0 Å². The Morgan fingerprint density at radius 1 is 1.56 bits per heavy atom. The lowest BCUT2D eigenvalue weighted by Gasteiger charge is -2.39. The molecule has 1 aromatic heterocycles. The van der Waals surface area contributed by atoms with E-state index in [1.165, 1.54) is 12.3 Å². The molecule has 18 heavy (non-hydrogen) atoms. The van der Waals surface area contributed by atoms with E-state index in [4.69, 9.17) is 9.52 Å². The predicted molar refractivity (Wildman–Crippen MR) is 67.7 cm³/mol. The van der Waals surface area contributed by atoms with Gasteiger partial charge in [0.1, 0.15) is 11.3 Å². The third kappa shape index (κ3) is 2.73. The Morgan fingerprint density at radius 2 is 2.33 bits per heavy atom. The van der Waals surface area contributed by atoms with E-state index in [0.717, 1.165) is 26.2 Å². The van der Waals surface area contributed by atoms with Crippen LogP contribution in [0.2, 0.25) is 0 Å². The first kappa shape index (κ1) is 13.1.